The summed E-state index contributed by atoms with van der Waals surface area (Å²) in [6.45, 7) is 13.2. The lowest BCUT2D eigenvalue weighted by Gasteiger charge is -2.32. The Labute approximate surface area is 111 Å². The van der Waals surface area contributed by atoms with E-state index < -0.39 is 0 Å². The van der Waals surface area contributed by atoms with Gasteiger partial charge in [-0.3, -0.25) is 5.43 Å². The van der Waals surface area contributed by atoms with Crippen molar-refractivity contribution in [3.05, 3.63) is 23.0 Å². The van der Waals surface area contributed by atoms with Crippen LogP contribution in [0.5, 0.6) is 0 Å². The molecular formula is C14H26N4. The van der Waals surface area contributed by atoms with Gasteiger partial charge in [0.05, 0.1) is 0 Å². The number of nitrogens with one attached hydrogen (secondary N) is 1. The van der Waals surface area contributed by atoms with Gasteiger partial charge in [-0.15, -0.1) is 0 Å². The lowest BCUT2D eigenvalue weighted by Crippen LogP contribution is -2.50. The van der Waals surface area contributed by atoms with Gasteiger partial charge in [-0.05, 0) is 39.4 Å². The maximum absolute atomic E-state index is 3.56. The molecule has 1 saturated heterocycles. The number of hydrazine groups is 1. The quantitative estimate of drug-likeness (QED) is 0.873. The first-order valence-electron chi connectivity index (χ1n) is 6.94. The molecule has 1 aromatic rings. The van der Waals surface area contributed by atoms with Crippen LogP contribution in [0.1, 0.15) is 23.9 Å². The lowest BCUT2D eigenvalue weighted by atomic mass is 10.2. The molecule has 0 spiro atoms. The van der Waals surface area contributed by atoms with Crippen LogP contribution in [-0.4, -0.2) is 47.7 Å². The third-order valence-corrected chi connectivity index (χ3v) is 3.99. The highest BCUT2D eigenvalue weighted by Crippen LogP contribution is 2.14. The average Bonchev–Trinajstić information content (AvgIpc) is 2.63. The number of nitrogens with zero attached hydrogens (tertiary/aromatic N) is 3. The van der Waals surface area contributed by atoms with Crippen LogP contribution < -0.4 is 5.43 Å². The molecule has 0 saturated carbocycles. The van der Waals surface area contributed by atoms with E-state index in [4.69, 9.17) is 0 Å². The lowest BCUT2D eigenvalue weighted by molar-refractivity contribution is 0.102. The van der Waals surface area contributed by atoms with Crippen molar-refractivity contribution in [1.82, 2.24) is 19.9 Å². The van der Waals surface area contributed by atoms with Crippen LogP contribution in [0.15, 0.2) is 6.07 Å². The predicted octanol–water partition coefficient (Wildman–Crippen LogP) is 1.38. The summed E-state index contributed by atoms with van der Waals surface area (Å²) < 4.78 is 2.38. The fourth-order valence-corrected chi connectivity index (χ4v) is 2.70. The van der Waals surface area contributed by atoms with Crippen LogP contribution in [-0.2, 0) is 13.1 Å². The molecule has 1 fully saturated rings. The maximum Gasteiger partial charge on any atom is 0.0371 e. The van der Waals surface area contributed by atoms with Gasteiger partial charge in [0.15, 0.2) is 0 Å². The van der Waals surface area contributed by atoms with Crippen LogP contribution in [0, 0.1) is 13.8 Å². The molecule has 0 atom stereocenters. The molecule has 4 heteroatoms. The number of piperazine rings is 1. The van der Waals surface area contributed by atoms with E-state index in [1.54, 1.807) is 0 Å². The number of hydrogen-bond donors (Lipinski definition) is 1. The summed E-state index contributed by atoms with van der Waals surface area (Å²) in [7, 11) is 2.19. The van der Waals surface area contributed by atoms with E-state index in [2.05, 4.69) is 53.8 Å². The summed E-state index contributed by atoms with van der Waals surface area (Å²) in [6.07, 6.45) is 0. The van der Waals surface area contributed by atoms with Gasteiger partial charge in [0.1, 0.15) is 0 Å². The molecule has 0 aromatic carbocycles. The highest BCUT2D eigenvalue weighted by Gasteiger charge is 2.14. The van der Waals surface area contributed by atoms with Crippen molar-refractivity contribution in [2.24, 2.45) is 0 Å². The van der Waals surface area contributed by atoms with Crippen molar-refractivity contribution in [1.29, 1.82) is 0 Å². The Hall–Kier alpha value is -0.840. The summed E-state index contributed by atoms with van der Waals surface area (Å²) in [5.41, 5.74) is 7.75. The maximum atomic E-state index is 3.56. The first-order valence-corrected chi connectivity index (χ1v) is 6.94. The second-order valence-electron chi connectivity index (χ2n) is 5.27. The largest absolute Gasteiger partial charge is 0.349 e. The molecule has 0 aliphatic carbocycles. The van der Waals surface area contributed by atoms with Crippen molar-refractivity contribution < 1.29 is 0 Å². The number of aromatic nitrogens is 1. The zero-order valence-electron chi connectivity index (χ0n) is 12.2. The molecule has 1 aliphatic heterocycles. The van der Waals surface area contributed by atoms with Crippen LogP contribution >= 0.6 is 0 Å². The van der Waals surface area contributed by atoms with Crippen molar-refractivity contribution in [2.45, 2.75) is 33.9 Å². The smallest absolute Gasteiger partial charge is 0.0371 e. The van der Waals surface area contributed by atoms with Crippen LogP contribution in [0.4, 0.5) is 0 Å². The molecule has 2 rings (SSSR count). The van der Waals surface area contributed by atoms with Gasteiger partial charge in [-0.1, -0.05) is 0 Å². The Morgan fingerprint density at radius 3 is 2.39 bits per heavy atom. The molecule has 4 nitrogen and oxygen atoms in total. The number of likely N-dealkylation sites (N-methyl/N-ethyl adjacent to an activating group) is 1. The molecule has 2 heterocycles. The van der Waals surface area contributed by atoms with Gasteiger partial charge < -0.3 is 9.47 Å². The molecule has 0 unspecified atom stereocenters. The average molecular weight is 250 g/mol. The molecule has 1 N–H and O–H groups in total. The zero-order valence-corrected chi connectivity index (χ0v) is 12.2. The van der Waals surface area contributed by atoms with Gasteiger partial charge in [0, 0.05) is 50.7 Å². The fourth-order valence-electron chi connectivity index (χ4n) is 2.70. The molecule has 0 amide bonds. The monoisotopic (exact) mass is 250 g/mol. The topological polar surface area (TPSA) is 23.4 Å². The first-order chi connectivity index (χ1) is 8.61. The predicted molar refractivity (Wildman–Crippen MR) is 75.5 cm³/mol. The van der Waals surface area contributed by atoms with Crippen LogP contribution in [0.25, 0.3) is 0 Å². The van der Waals surface area contributed by atoms with Gasteiger partial charge in [0.25, 0.3) is 0 Å². The number of rotatable bonds is 4. The molecule has 0 bridgehead atoms. The van der Waals surface area contributed by atoms with E-state index in [-0.39, 0.29) is 0 Å². The highest BCUT2D eigenvalue weighted by atomic mass is 15.5. The fraction of sp³-hybridized carbons (Fsp3) is 0.714. The Bertz CT molecular complexity index is 389. The van der Waals surface area contributed by atoms with E-state index in [1.165, 1.54) is 17.0 Å². The van der Waals surface area contributed by atoms with Crippen molar-refractivity contribution in [3.63, 3.8) is 0 Å². The van der Waals surface area contributed by atoms with Gasteiger partial charge in [0.2, 0.25) is 0 Å². The van der Waals surface area contributed by atoms with Crippen LogP contribution in [0.3, 0.4) is 0 Å². The Morgan fingerprint density at radius 2 is 1.83 bits per heavy atom. The molecule has 102 valence electrons. The molecule has 1 aromatic heterocycles. The minimum atomic E-state index is 0.948. The van der Waals surface area contributed by atoms with Crippen LogP contribution in [0.2, 0.25) is 0 Å². The summed E-state index contributed by atoms with van der Waals surface area (Å²) in [5, 5.41) is 2.35. The minimum Gasteiger partial charge on any atom is -0.349 e. The van der Waals surface area contributed by atoms with E-state index in [0.29, 0.717) is 0 Å². The van der Waals surface area contributed by atoms with Gasteiger partial charge in [-0.2, -0.15) is 0 Å². The summed E-state index contributed by atoms with van der Waals surface area (Å²) in [4.78, 5) is 2.38. The number of aryl methyl sites for hydroxylation is 1. The number of hydrogen-bond acceptors (Lipinski definition) is 3. The third-order valence-electron chi connectivity index (χ3n) is 3.99. The third kappa shape index (κ3) is 2.94. The van der Waals surface area contributed by atoms with Gasteiger partial charge in [-0.25, -0.2) is 5.01 Å². The summed E-state index contributed by atoms with van der Waals surface area (Å²) in [5.74, 6) is 0. The van der Waals surface area contributed by atoms with E-state index in [0.717, 1.165) is 39.3 Å². The molecule has 0 radical (unpaired) electrons. The summed E-state index contributed by atoms with van der Waals surface area (Å²) in [6, 6.07) is 2.31. The van der Waals surface area contributed by atoms with E-state index >= 15 is 0 Å². The SMILES string of the molecule is CCn1c(C)cc(CNN2CCN(C)CC2)c1C. The molecule has 18 heavy (non-hydrogen) atoms. The van der Waals surface area contributed by atoms with Crippen molar-refractivity contribution in [3.8, 4) is 0 Å². The Balaban J connectivity index is 1.90. The molecule has 1 aliphatic rings. The normalized spacial score (nSPS) is 18.4. The Kier molecular flexibility index (Phi) is 4.43. The molecular weight excluding hydrogens is 224 g/mol. The zero-order chi connectivity index (χ0) is 13.1. The highest BCUT2D eigenvalue weighted by molar-refractivity contribution is 5.26. The minimum absolute atomic E-state index is 0.948. The second kappa shape index (κ2) is 5.87. The van der Waals surface area contributed by atoms with Gasteiger partial charge >= 0.3 is 0 Å². The van der Waals surface area contributed by atoms with E-state index in [1.807, 2.05) is 0 Å². The first kappa shape index (κ1) is 13.6. The second-order valence-corrected chi connectivity index (χ2v) is 5.27. The van der Waals surface area contributed by atoms with E-state index in [9.17, 15) is 0 Å². The van der Waals surface area contributed by atoms with Crippen molar-refractivity contribution >= 4 is 0 Å². The van der Waals surface area contributed by atoms with Crippen molar-refractivity contribution in [2.75, 3.05) is 33.2 Å². The standard InChI is InChI=1S/C14H26N4/c1-5-18-12(2)10-14(13(18)3)11-15-17-8-6-16(4)7-9-17/h10,15H,5-9,11H2,1-4H3. The Morgan fingerprint density at radius 1 is 1.17 bits per heavy atom. The summed E-state index contributed by atoms with van der Waals surface area (Å²) >= 11 is 0.